The molecule has 5 heteroatoms. The van der Waals surface area contributed by atoms with E-state index < -0.39 is 25.9 Å². The number of aliphatic hydroxyl groups is 1. The zero-order valence-corrected chi connectivity index (χ0v) is 16.2. The molecule has 3 aromatic rings. The van der Waals surface area contributed by atoms with Gasteiger partial charge in [0.1, 0.15) is 0 Å². The first kappa shape index (κ1) is 20.1. The predicted octanol–water partition coefficient (Wildman–Crippen LogP) is 3.57. The Kier molecular flexibility index (Phi) is 5.58. The van der Waals surface area contributed by atoms with Crippen LogP contribution in [0.25, 0.3) is 0 Å². The van der Waals surface area contributed by atoms with Crippen molar-refractivity contribution in [2.45, 2.75) is 17.8 Å². The summed E-state index contributed by atoms with van der Waals surface area (Å²) in [4.78, 5) is 0. The van der Waals surface area contributed by atoms with Gasteiger partial charge in [-0.1, -0.05) is 97.1 Å². The topological polar surface area (TPSA) is 20.2 Å². The lowest BCUT2D eigenvalue weighted by molar-refractivity contribution is -0.226. The summed E-state index contributed by atoms with van der Waals surface area (Å²) < 4.78 is 43.7. The molecule has 0 spiro atoms. The van der Waals surface area contributed by atoms with Crippen molar-refractivity contribution in [3.8, 4) is 0 Å². The Morgan fingerprint density at radius 1 is 0.714 bits per heavy atom. The number of hydrogen-bond acceptors (Lipinski definition) is 1. The molecule has 0 heterocycles. The Balaban J connectivity index is 2.53. The smallest absolute Gasteiger partial charge is 0.383 e. The molecular weight excluding hydrogens is 377 g/mol. The molecule has 0 aliphatic carbocycles. The summed E-state index contributed by atoms with van der Waals surface area (Å²) in [6, 6.07) is 25.7. The van der Waals surface area contributed by atoms with E-state index in [1.807, 2.05) is 0 Å². The predicted molar refractivity (Wildman–Crippen MR) is 110 cm³/mol. The van der Waals surface area contributed by atoms with E-state index in [0.29, 0.717) is 15.6 Å². The molecule has 144 valence electrons. The van der Waals surface area contributed by atoms with Crippen LogP contribution in [-0.2, 0) is 0 Å². The number of alkyl halides is 3. The van der Waals surface area contributed by atoms with Gasteiger partial charge in [-0.3, -0.25) is 0 Å². The molecule has 1 N–H and O–H groups in total. The number of benzene rings is 3. The Morgan fingerprint density at radius 3 is 1.29 bits per heavy atom. The molecule has 0 radical (unpaired) electrons. The molecule has 0 aliphatic rings. The molecule has 0 saturated carbocycles. The van der Waals surface area contributed by atoms with Gasteiger partial charge in [-0.25, -0.2) is 0 Å². The average molecular weight is 399 g/mol. The quantitative estimate of drug-likeness (QED) is 0.382. The molecule has 1 atom stereocenters. The van der Waals surface area contributed by atoms with Crippen molar-refractivity contribution in [3.63, 3.8) is 0 Å². The first-order chi connectivity index (χ1) is 13.4. The van der Waals surface area contributed by atoms with Crippen molar-refractivity contribution in [2.24, 2.45) is 0 Å². The van der Waals surface area contributed by atoms with Gasteiger partial charge in [0.25, 0.3) is 0 Å². The SMILES string of the molecule is C=CCC(O)(C(F)(F)F)[Si](c1ccccc1)(c1ccccc1)c1ccccc1. The maximum Gasteiger partial charge on any atom is 0.415 e. The van der Waals surface area contributed by atoms with E-state index in [0.717, 1.165) is 6.08 Å². The molecule has 0 saturated heterocycles. The molecule has 1 unspecified atom stereocenters. The first-order valence-corrected chi connectivity index (χ1v) is 10.9. The molecule has 0 aromatic heterocycles. The Hall–Kier alpha value is -2.63. The van der Waals surface area contributed by atoms with Gasteiger partial charge in [-0.15, -0.1) is 6.58 Å². The van der Waals surface area contributed by atoms with Gasteiger partial charge in [0.05, 0.1) is 0 Å². The monoisotopic (exact) mass is 398 g/mol. The molecule has 1 nitrogen and oxygen atoms in total. The first-order valence-electron chi connectivity index (χ1n) is 8.94. The third kappa shape index (κ3) is 3.10. The lowest BCUT2D eigenvalue weighted by atomic mass is 10.2. The van der Waals surface area contributed by atoms with Gasteiger partial charge in [0, 0.05) is 6.42 Å². The van der Waals surface area contributed by atoms with Crippen LogP contribution in [0, 0.1) is 0 Å². The maximum atomic E-state index is 14.6. The molecule has 28 heavy (non-hydrogen) atoms. The van der Waals surface area contributed by atoms with Crippen LogP contribution in [-0.4, -0.2) is 24.6 Å². The van der Waals surface area contributed by atoms with Crippen molar-refractivity contribution in [2.75, 3.05) is 0 Å². The van der Waals surface area contributed by atoms with Crippen LogP contribution in [0.5, 0.6) is 0 Å². The Bertz CT molecular complexity index is 814. The summed E-state index contributed by atoms with van der Waals surface area (Å²) in [5.74, 6) is 0. The third-order valence-corrected chi connectivity index (χ3v) is 10.5. The fourth-order valence-corrected chi connectivity index (χ4v) is 9.36. The minimum atomic E-state index is -4.85. The van der Waals surface area contributed by atoms with E-state index in [-0.39, 0.29) is 0 Å². The molecule has 3 rings (SSSR count). The summed E-state index contributed by atoms with van der Waals surface area (Å²) in [6.07, 6.45) is -4.29. The van der Waals surface area contributed by atoms with E-state index in [1.165, 1.54) is 0 Å². The number of rotatable bonds is 6. The van der Waals surface area contributed by atoms with E-state index in [2.05, 4.69) is 6.58 Å². The minimum absolute atomic E-state index is 0.495. The van der Waals surface area contributed by atoms with Gasteiger partial charge in [0.2, 0.25) is 0 Å². The lowest BCUT2D eigenvalue weighted by Crippen LogP contribution is -2.83. The highest BCUT2D eigenvalue weighted by atomic mass is 28.3. The van der Waals surface area contributed by atoms with E-state index in [9.17, 15) is 18.3 Å². The molecular formula is C23H21F3OSi. The zero-order chi connectivity index (χ0) is 20.3. The number of hydrogen-bond donors (Lipinski definition) is 1. The molecule has 0 aliphatic heterocycles. The van der Waals surface area contributed by atoms with Crippen molar-refractivity contribution in [1.29, 1.82) is 0 Å². The van der Waals surface area contributed by atoms with Crippen LogP contribution in [0.3, 0.4) is 0 Å². The molecule has 3 aromatic carbocycles. The second-order valence-electron chi connectivity index (χ2n) is 6.70. The van der Waals surface area contributed by atoms with E-state index in [4.69, 9.17) is 0 Å². The minimum Gasteiger partial charge on any atom is -0.383 e. The average Bonchev–Trinajstić information content (AvgIpc) is 2.70. The van der Waals surface area contributed by atoms with Crippen molar-refractivity contribution in [3.05, 3.63) is 104 Å². The van der Waals surface area contributed by atoms with Crippen molar-refractivity contribution in [1.82, 2.24) is 0 Å². The highest BCUT2D eigenvalue weighted by Crippen LogP contribution is 2.40. The maximum absolute atomic E-state index is 14.6. The summed E-state index contributed by atoms with van der Waals surface area (Å²) in [5.41, 5.74) is 0. The van der Waals surface area contributed by atoms with Gasteiger partial charge in [0.15, 0.2) is 13.3 Å². The summed E-state index contributed by atoms with van der Waals surface area (Å²) >= 11 is 0. The van der Waals surface area contributed by atoms with Crippen LogP contribution in [0.15, 0.2) is 104 Å². The van der Waals surface area contributed by atoms with Crippen LogP contribution >= 0.6 is 0 Å². The Labute approximate surface area is 163 Å². The summed E-state index contributed by atoms with van der Waals surface area (Å²) in [6.45, 7) is 3.52. The standard InChI is InChI=1S/C23H21F3OSi/c1-2-18-22(27,23(24,25)26)28(19-12-6-3-7-13-19,20-14-8-4-9-15-20)21-16-10-5-11-17-21/h2-17,27H,1,18H2. The Morgan fingerprint density at radius 2 is 1.04 bits per heavy atom. The zero-order valence-electron chi connectivity index (χ0n) is 15.2. The summed E-state index contributed by atoms with van der Waals surface area (Å²) in [7, 11) is -3.97. The van der Waals surface area contributed by atoms with Crippen LogP contribution in [0.1, 0.15) is 6.42 Å². The van der Waals surface area contributed by atoms with Gasteiger partial charge in [-0.2, -0.15) is 13.2 Å². The molecule has 0 bridgehead atoms. The second kappa shape index (κ2) is 7.77. The van der Waals surface area contributed by atoms with E-state index in [1.54, 1.807) is 91.0 Å². The lowest BCUT2D eigenvalue weighted by Gasteiger charge is -2.47. The van der Waals surface area contributed by atoms with E-state index >= 15 is 0 Å². The van der Waals surface area contributed by atoms with Crippen LogP contribution in [0.2, 0.25) is 0 Å². The van der Waals surface area contributed by atoms with Gasteiger partial charge >= 0.3 is 6.18 Å². The largest absolute Gasteiger partial charge is 0.415 e. The summed E-state index contributed by atoms with van der Waals surface area (Å²) in [5, 5.41) is 10.0. The van der Waals surface area contributed by atoms with Crippen molar-refractivity contribution < 1.29 is 18.3 Å². The normalized spacial score (nSPS) is 14.3. The highest BCUT2D eigenvalue weighted by molar-refractivity contribution is 7.13. The van der Waals surface area contributed by atoms with Crippen molar-refractivity contribution >= 4 is 23.6 Å². The third-order valence-electron chi connectivity index (χ3n) is 5.15. The molecule has 0 amide bonds. The van der Waals surface area contributed by atoms with Gasteiger partial charge < -0.3 is 5.11 Å². The fraction of sp³-hybridized carbons (Fsp3) is 0.130. The highest BCUT2D eigenvalue weighted by Gasteiger charge is 2.68. The second-order valence-corrected chi connectivity index (χ2v) is 10.8. The number of halogens is 3. The van der Waals surface area contributed by atoms with Crippen LogP contribution in [0.4, 0.5) is 13.2 Å². The van der Waals surface area contributed by atoms with Crippen LogP contribution < -0.4 is 15.6 Å². The fourth-order valence-electron chi connectivity index (χ4n) is 3.97. The molecule has 0 fully saturated rings. The van der Waals surface area contributed by atoms with Gasteiger partial charge in [-0.05, 0) is 15.6 Å².